The van der Waals surface area contributed by atoms with E-state index in [1.807, 2.05) is 0 Å². The predicted octanol–water partition coefficient (Wildman–Crippen LogP) is 9.20. The molecule has 0 aliphatic carbocycles. The summed E-state index contributed by atoms with van der Waals surface area (Å²) in [5.41, 5.74) is 9.67. The summed E-state index contributed by atoms with van der Waals surface area (Å²) < 4.78 is 9.10. The van der Waals surface area contributed by atoms with E-state index < -0.39 is 0 Å². The number of hydrogen-bond donors (Lipinski definition) is 0. The van der Waals surface area contributed by atoms with Crippen LogP contribution in [0.25, 0.3) is 55.1 Å². The van der Waals surface area contributed by atoms with Gasteiger partial charge >= 0.3 is 0 Å². The van der Waals surface area contributed by atoms with Gasteiger partial charge < -0.3 is 4.42 Å². The molecule has 0 atom stereocenters. The number of para-hydroxylation sites is 1. The molecule has 39 heavy (non-hydrogen) atoms. The van der Waals surface area contributed by atoms with Crippen LogP contribution in [0.1, 0.15) is 58.5 Å². The van der Waals surface area contributed by atoms with Gasteiger partial charge in [-0.15, -0.1) is 0 Å². The van der Waals surface area contributed by atoms with Crippen LogP contribution in [0, 0.1) is 6.92 Å². The van der Waals surface area contributed by atoms with Crippen LogP contribution in [0.3, 0.4) is 0 Å². The van der Waals surface area contributed by atoms with E-state index >= 15 is 0 Å². The van der Waals surface area contributed by atoms with Crippen LogP contribution in [0.5, 0.6) is 0 Å². The van der Waals surface area contributed by atoms with Crippen molar-refractivity contribution in [3.8, 4) is 22.4 Å². The highest BCUT2D eigenvalue weighted by Gasteiger charge is 2.25. The summed E-state index contributed by atoms with van der Waals surface area (Å²) in [5, 5.41) is 4.72. The SMILES string of the molecule is Cc1ccc2c(oc3c(-c4cc(C(C)(C)C)nc(C(C)(C)C)c4)cccc32)c1-c1cc2ccccc2c[n+]1C. The van der Waals surface area contributed by atoms with Crippen molar-refractivity contribution in [2.75, 3.05) is 0 Å². The molecule has 3 heteroatoms. The molecule has 0 bridgehead atoms. The Hall–Kier alpha value is -3.98. The van der Waals surface area contributed by atoms with Crippen molar-refractivity contribution in [2.24, 2.45) is 7.05 Å². The Morgan fingerprint density at radius 3 is 2.00 bits per heavy atom. The molecule has 0 amide bonds. The van der Waals surface area contributed by atoms with Crippen molar-refractivity contribution in [1.29, 1.82) is 0 Å². The van der Waals surface area contributed by atoms with Gasteiger partial charge in [0.2, 0.25) is 5.69 Å². The summed E-state index contributed by atoms with van der Waals surface area (Å²) in [6.45, 7) is 15.5. The smallest absolute Gasteiger partial charge is 0.216 e. The Balaban J connectivity index is 1.65. The third-order valence-electron chi connectivity index (χ3n) is 7.81. The van der Waals surface area contributed by atoms with E-state index in [9.17, 15) is 0 Å². The summed E-state index contributed by atoms with van der Waals surface area (Å²) in [5.74, 6) is 0. The summed E-state index contributed by atoms with van der Waals surface area (Å²) in [7, 11) is 2.12. The molecule has 0 unspecified atom stereocenters. The van der Waals surface area contributed by atoms with Gasteiger partial charge in [-0.25, -0.2) is 4.57 Å². The third-order valence-corrected chi connectivity index (χ3v) is 7.81. The molecule has 0 fully saturated rings. The quantitative estimate of drug-likeness (QED) is 0.216. The molecule has 3 aromatic heterocycles. The van der Waals surface area contributed by atoms with E-state index in [-0.39, 0.29) is 10.8 Å². The number of pyridine rings is 2. The molecular formula is C36H37N2O+. The molecule has 0 saturated carbocycles. The average molecular weight is 514 g/mol. The van der Waals surface area contributed by atoms with E-state index in [2.05, 4.69) is 139 Å². The first-order valence-electron chi connectivity index (χ1n) is 13.8. The standard InChI is InChI=1S/C36H37N2O/c1-22-16-17-28-27-15-11-14-26(25-19-30(35(2,3)4)37-31(20-25)36(5,6)7)33(27)39-34(28)32(22)29-18-23-12-9-10-13-24(23)21-38(29)8/h9-21H,1-8H3/q+1. The Morgan fingerprint density at radius 1 is 0.692 bits per heavy atom. The molecule has 6 aromatic rings. The van der Waals surface area contributed by atoms with E-state index in [0.717, 1.165) is 55.7 Å². The average Bonchev–Trinajstić information content (AvgIpc) is 3.26. The zero-order valence-electron chi connectivity index (χ0n) is 24.3. The van der Waals surface area contributed by atoms with Gasteiger partial charge in [-0.2, -0.15) is 0 Å². The lowest BCUT2D eigenvalue weighted by atomic mass is 9.85. The van der Waals surface area contributed by atoms with Gasteiger partial charge in [-0.1, -0.05) is 90.1 Å². The second kappa shape index (κ2) is 8.77. The number of hydrogen-bond acceptors (Lipinski definition) is 2. The van der Waals surface area contributed by atoms with Crippen LogP contribution in [-0.2, 0) is 17.9 Å². The molecule has 0 radical (unpaired) electrons. The zero-order valence-corrected chi connectivity index (χ0v) is 24.3. The summed E-state index contributed by atoms with van der Waals surface area (Å²) >= 11 is 0. The first kappa shape index (κ1) is 25.3. The topological polar surface area (TPSA) is 29.9 Å². The van der Waals surface area contributed by atoms with E-state index in [1.54, 1.807) is 0 Å². The number of fused-ring (bicyclic) bond motifs is 4. The van der Waals surface area contributed by atoms with E-state index in [4.69, 9.17) is 9.40 Å². The van der Waals surface area contributed by atoms with E-state index in [0.29, 0.717) is 0 Å². The number of rotatable bonds is 2. The number of benzene rings is 3. The maximum atomic E-state index is 6.89. The fourth-order valence-electron chi connectivity index (χ4n) is 5.50. The molecule has 0 saturated heterocycles. The minimum absolute atomic E-state index is 0.0626. The highest BCUT2D eigenvalue weighted by atomic mass is 16.3. The second-order valence-electron chi connectivity index (χ2n) is 12.9. The van der Waals surface area contributed by atoms with Gasteiger partial charge in [0.15, 0.2) is 6.20 Å². The van der Waals surface area contributed by atoms with Gasteiger partial charge in [0, 0.05) is 50.0 Å². The monoisotopic (exact) mass is 513 g/mol. The van der Waals surface area contributed by atoms with Gasteiger partial charge in [0.05, 0.1) is 5.56 Å². The van der Waals surface area contributed by atoms with Crippen LogP contribution in [-0.4, -0.2) is 4.98 Å². The van der Waals surface area contributed by atoms with Crippen molar-refractivity contribution in [3.05, 3.63) is 95.9 Å². The summed E-state index contributed by atoms with van der Waals surface area (Å²) in [4.78, 5) is 5.09. The number of aryl methyl sites for hydroxylation is 2. The number of furan rings is 1. The van der Waals surface area contributed by atoms with Crippen LogP contribution in [0.15, 0.2) is 83.4 Å². The van der Waals surface area contributed by atoms with Crippen molar-refractivity contribution in [3.63, 3.8) is 0 Å². The van der Waals surface area contributed by atoms with Crippen molar-refractivity contribution in [2.45, 2.75) is 59.3 Å². The Morgan fingerprint density at radius 2 is 1.33 bits per heavy atom. The highest BCUT2D eigenvalue weighted by Crippen LogP contribution is 2.42. The number of aromatic nitrogens is 2. The maximum Gasteiger partial charge on any atom is 0.216 e. The normalized spacial score (nSPS) is 12.6. The lowest BCUT2D eigenvalue weighted by Gasteiger charge is -2.25. The Labute approximate surface area is 231 Å². The lowest BCUT2D eigenvalue weighted by Crippen LogP contribution is -2.30. The predicted molar refractivity (Wildman–Crippen MR) is 163 cm³/mol. The Kier molecular flexibility index (Phi) is 5.69. The molecular weight excluding hydrogens is 476 g/mol. The third kappa shape index (κ3) is 4.30. The molecule has 0 aliphatic rings. The largest absolute Gasteiger partial charge is 0.454 e. The fraction of sp³-hybridized carbons (Fsp3) is 0.278. The minimum atomic E-state index is -0.0626. The molecule has 0 aliphatic heterocycles. The van der Waals surface area contributed by atoms with E-state index in [1.165, 1.54) is 16.3 Å². The molecule has 3 nitrogen and oxygen atoms in total. The summed E-state index contributed by atoms with van der Waals surface area (Å²) in [6.07, 6.45) is 2.20. The van der Waals surface area contributed by atoms with Crippen LogP contribution in [0.4, 0.5) is 0 Å². The molecule has 0 N–H and O–H groups in total. The van der Waals surface area contributed by atoms with Crippen LogP contribution in [0.2, 0.25) is 0 Å². The second-order valence-corrected chi connectivity index (χ2v) is 12.9. The van der Waals surface area contributed by atoms with Gasteiger partial charge in [-0.05, 0) is 41.6 Å². The van der Waals surface area contributed by atoms with Crippen LogP contribution >= 0.6 is 0 Å². The van der Waals surface area contributed by atoms with Crippen molar-refractivity contribution < 1.29 is 8.98 Å². The van der Waals surface area contributed by atoms with Gasteiger partial charge in [0.25, 0.3) is 0 Å². The molecule has 3 aromatic carbocycles. The molecule has 196 valence electrons. The van der Waals surface area contributed by atoms with Gasteiger partial charge in [-0.3, -0.25) is 4.98 Å². The highest BCUT2D eigenvalue weighted by molar-refractivity contribution is 6.13. The summed E-state index contributed by atoms with van der Waals surface area (Å²) in [6, 6.07) is 26.2. The minimum Gasteiger partial charge on any atom is -0.454 e. The zero-order chi connectivity index (χ0) is 27.7. The van der Waals surface area contributed by atoms with Crippen LogP contribution < -0.4 is 4.57 Å². The molecule has 6 rings (SSSR count). The van der Waals surface area contributed by atoms with Gasteiger partial charge in [0.1, 0.15) is 18.2 Å². The molecule has 0 spiro atoms. The van der Waals surface area contributed by atoms with Crippen molar-refractivity contribution >= 4 is 32.7 Å². The first-order valence-corrected chi connectivity index (χ1v) is 13.8. The maximum absolute atomic E-state index is 6.89. The fourth-order valence-corrected chi connectivity index (χ4v) is 5.50. The first-order chi connectivity index (χ1) is 18.4. The van der Waals surface area contributed by atoms with Crippen molar-refractivity contribution in [1.82, 2.24) is 4.98 Å². The Bertz CT molecular complexity index is 1860. The number of nitrogens with zero attached hydrogens (tertiary/aromatic N) is 2. The lowest BCUT2D eigenvalue weighted by molar-refractivity contribution is -0.659. The molecule has 3 heterocycles.